The van der Waals surface area contributed by atoms with Crippen LogP contribution in [0.1, 0.15) is 18.4 Å². The average Bonchev–Trinajstić information content (AvgIpc) is 2.73. The van der Waals surface area contributed by atoms with E-state index in [2.05, 4.69) is 34.0 Å². The summed E-state index contributed by atoms with van der Waals surface area (Å²) in [6.45, 7) is 5.93. The third-order valence-corrected chi connectivity index (χ3v) is 6.13. The van der Waals surface area contributed by atoms with Crippen molar-refractivity contribution in [2.24, 2.45) is 10.7 Å². The number of guanidine groups is 1. The monoisotopic (exact) mass is 392 g/mol. The van der Waals surface area contributed by atoms with Crippen molar-refractivity contribution in [2.45, 2.75) is 25.4 Å². The normalized spacial score (nSPS) is 19.5. The van der Waals surface area contributed by atoms with Gasteiger partial charge in [0.15, 0.2) is 5.96 Å². The quantitative estimate of drug-likeness (QED) is 0.566. The minimum Gasteiger partial charge on any atom is -0.492 e. The lowest BCUT2D eigenvalue weighted by molar-refractivity contribution is 0.0392. The van der Waals surface area contributed by atoms with Crippen molar-refractivity contribution in [1.29, 1.82) is 0 Å². The van der Waals surface area contributed by atoms with Crippen molar-refractivity contribution in [1.82, 2.24) is 9.80 Å². The number of hydrogen-bond acceptors (Lipinski definition) is 5. The van der Waals surface area contributed by atoms with Gasteiger partial charge in [-0.15, -0.1) is 0 Å². The Morgan fingerprint density at radius 3 is 2.89 bits per heavy atom. The third kappa shape index (κ3) is 6.59. The molecule has 0 bridgehead atoms. The standard InChI is InChI=1S/C20H32N4O2S/c1-23(18-5-10-25-11-6-18)7-12-26-19-4-2-3-17(15-19)16-22-20(21)24-8-13-27-14-9-24/h2-4,15,18H,5-14,16H2,1H3,(H2,21,22). The Labute approximate surface area is 167 Å². The van der Waals surface area contributed by atoms with Crippen LogP contribution >= 0.6 is 11.8 Å². The molecule has 0 aliphatic carbocycles. The molecule has 0 unspecified atom stereocenters. The molecule has 2 aliphatic heterocycles. The van der Waals surface area contributed by atoms with Gasteiger partial charge in [-0.1, -0.05) is 12.1 Å². The van der Waals surface area contributed by atoms with Gasteiger partial charge in [-0.05, 0) is 37.6 Å². The van der Waals surface area contributed by atoms with Gasteiger partial charge in [0.25, 0.3) is 0 Å². The summed E-state index contributed by atoms with van der Waals surface area (Å²) >= 11 is 1.97. The van der Waals surface area contributed by atoms with E-state index in [0.29, 0.717) is 25.2 Å². The van der Waals surface area contributed by atoms with Crippen LogP contribution in [0, 0.1) is 0 Å². The van der Waals surface area contributed by atoms with E-state index in [0.717, 1.165) is 68.5 Å². The lowest BCUT2D eigenvalue weighted by Gasteiger charge is -2.31. The van der Waals surface area contributed by atoms with Crippen molar-refractivity contribution in [3.8, 4) is 5.75 Å². The first-order valence-electron chi connectivity index (χ1n) is 9.85. The van der Waals surface area contributed by atoms with Gasteiger partial charge in [0, 0.05) is 50.4 Å². The van der Waals surface area contributed by atoms with Crippen LogP contribution in [0.15, 0.2) is 29.3 Å². The molecule has 0 amide bonds. The second-order valence-corrected chi connectivity index (χ2v) is 8.32. The SMILES string of the molecule is CN(CCOc1cccc(CN=C(N)N2CCSCC2)c1)C1CCOCC1. The maximum absolute atomic E-state index is 6.14. The number of likely N-dealkylation sites (N-methyl/N-ethyl adjacent to an activating group) is 1. The Morgan fingerprint density at radius 1 is 1.33 bits per heavy atom. The lowest BCUT2D eigenvalue weighted by atomic mass is 10.1. The molecule has 2 aliphatic rings. The molecule has 0 spiro atoms. The molecular formula is C20H32N4O2S. The van der Waals surface area contributed by atoms with Gasteiger partial charge in [0.05, 0.1) is 6.54 Å². The van der Waals surface area contributed by atoms with Crippen LogP contribution in [0.4, 0.5) is 0 Å². The topological polar surface area (TPSA) is 63.3 Å². The van der Waals surface area contributed by atoms with Gasteiger partial charge < -0.3 is 20.1 Å². The molecule has 2 heterocycles. The Hall–Kier alpha value is -1.44. The number of nitrogens with two attached hydrogens (primary N) is 1. The molecule has 0 radical (unpaired) electrons. The molecule has 150 valence electrons. The van der Waals surface area contributed by atoms with E-state index in [1.165, 1.54) is 0 Å². The predicted octanol–water partition coefficient (Wildman–Crippen LogP) is 2.04. The van der Waals surface area contributed by atoms with E-state index in [4.69, 9.17) is 15.2 Å². The third-order valence-electron chi connectivity index (χ3n) is 5.18. The Balaban J connectivity index is 1.44. The molecule has 0 aromatic heterocycles. The zero-order valence-electron chi connectivity index (χ0n) is 16.3. The first-order chi connectivity index (χ1) is 13.2. The highest BCUT2D eigenvalue weighted by molar-refractivity contribution is 7.99. The molecule has 3 rings (SSSR count). The Bertz CT molecular complexity index is 601. The fourth-order valence-electron chi connectivity index (χ4n) is 3.41. The summed E-state index contributed by atoms with van der Waals surface area (Å²) in [6, 6.07) is 8.78. The molecular weight excluding hydrogens is 360 g/mol. The molecule has 1 aromatic rings. The van der Waals surface area contributed by atoms with Gasteiger partial charge in [0.1, 0.15) is 12.4 Å². The second kappa shape index (κ2) is 10.8. The van der Waals surface area contributed by atoms with Crippen molar-refractivity contribution >= 4 is 17.7 Å². The van der Waals surface area contributed by atoms with Gasteiger partial charge in [0.2, 0.25) is 0 Å². The maximum Gasteiger partial charge on any atom is 0.191 e. The highest BCUT2D eigenvalue weighted by Gasteiger charge is 2.18. The zero-order chi connectivity index (χ0) is 18.9. The van der Waals surface area contributed by atoms with E-state index in [1.54, 1.807) is 0 Å². The fourth-order valence-corrected chi connectivity index (χ4v) is 4.32. The van der Waals surface area contributed by atoms with Gasteiger partial charge in [-0.2, -0.15) is 11.8 Å². The summed E-state index contributed by atoms with van der Waals surface area (Å²) in [4.78, 5) is 9.12. The Morgan fingerprint density at radius 2 is 2.11 bits per heavy atom. The van der Waals surface area contributed by atoms with Crippen LogP contribution in [-0.4, -0.2) is 79.8 Å². The molecule has 2 N–H and O–H groups in total. The fraction of sp³-hybridized carbons (Fsp3) is 0.650. The summed E-state index contributed by atoms with van der Waals surface area (Å²) in [5.41, 5.74) is 7.26. The van der Waals surface area contributed by atoms with Crippen molar-refractivity contribution in [3.05, 3.63) is 29.8 Å². The smallest absolute Gasteiger partial charge is 0.191 e. The van der Waals surface area contributed by atoms with Crippen LogP contribution < -0.4 is 10.5 Å². The van der Waals surface area contributed by atoms with E-state index < -0.39 is 0 Å². The van der Waals surface area contributed by atoms with Crippen LogP contribution in [-0.2, 0) is 11.3 Å². The van der Waals surface area contributed by atoms with E-state index in [-0.39, 0.29) is 0 Å². The summed E-state index contributed by atoms with van der Waals surface area (Å²) in [7, 11) is 2.17. The van der Waals surface area contributed by atoms with Crippen LogP contribution in [0.2, 0.25) is 0 Å². The number of ether oxygens (including phenoxy) is 2. The van der Waals surface area contributed by atoms with Crippen LogP contribution in [0.25, 0.3) is 0 Å². The van der Waals surface area contributed by atoms with Crippen molar-refractivity contribution < 1.29 is 9.47 Å². The Kier molecular flexibility index (Phi) is 8.10. The van der Waals surface area contributed by atoms with Gasteiger partial charge in [-0.3, -0.25) is 4.90 Å². The highest BCUT2D eigenvalue weighted by atomic mass is 32.2. The zero-order valence-corrected chi connectivity index (χ0v) is 17.1. The van der Waals surface area contributed by atoms with Gasteiger partial charge >= 0.3 is 0 Å². The number of benzene rings is 1. The van der Waals surface area contributed by atoms with Crippen LogP contribution in [0.5, 0.6) is 5.75 Å². The minimum absolute atomic E-state index is 0.592. The summed E-state index contributed by atoms with van der Waals surface area (Å²) < 4.78 is 11.4. The molecule has 6 nitrogen and oxygen atoms in total. The van der Waals surface area contributed by atoms with Crippen molar-refractivity contribution in [2.75, 3.05) is 58.0 Å². The molecule has 27 heavy (non-hydrogen) atoms. The lowest BCUT2D eigenvalue weighted by Crippen LogP contribution is -2.42. The molecule has 2 fully saturated rings. The number of hydrogen-bond donors (Lipinski definition) is 1. The van der Waals surface area contributed by atoms with E-state index in [9.17, 15) is 0 Å². The molecule has 0 saturated carbocycles. The van der Waals surface area contributed by atoms with E-state index >= 15 is 0 Å². The first kappa shape index (κ1) is 20.3. The van der Waals surface area contributed by atoms with Gasteiger partial charge in [-0.25, -0.2) is 4.99 Å². The number of aliphatic imine (C=N–C) groups is 1. The molecule has 2 saturated heterocycles. The largest absolute Gasteiger partial charge is 0.492 e. The average molecular weight is 393 g/mol. The predicted molar refractivity (Wildman–Crippen MR) is 113 cm³/mol. The number of rotatable bonds is 7. The highest BCUT2D eigenvalue weighted by Crippen LogP contribution is 2.16. The summed E-state index contributed by atoms with van der Waals surface area (Å²) in [5, 5.41) is 0. The molecule has 0 atom stereocenters. The number of nitrogens with zero attached hydrogens (tertiary/aromatic N) is 3. The second-order valence-electron chi connectivity index (χ2n) is 7.09. The molecule has 7 heteroatoms. The number of thioether (sulfide) groups is 1. The summed E-state index contributed by atoms with van der Waals surface area (Å²) in [6.07, 6.45) is 2.22. The minimum atomic E-state index is 0.592. The first-order valence-corrected chi connectivity index (χ1v) is 11.0. The van der Waals surface area contributed by atoms with Crippen molar-refractivity contribution in [3.63, 3.8) is 0 Å². The maximum atomic E-state index is 6.14. The molecule has 1 aromatic carbocycles. The van der Waals surface area contributed by atoms with Crippen LogP contribution in [0.3, 0.4) is 0 Å². The van der Waals surface area contributed by atoms with E-state index in [1.807, 2.05) is 23.9 Å². The summed E-state index contributed by atoms with van der Waals surface area (Å²) in [5.74, 6) is 3.81.